The molecule has 0 aliphatic heterocycles. The quantitative estimate of drug-likeness (QED) is 0.481. The summed E-state index contributed by atoms with van der Waals surface area (Å²) in [6.07, 6.45) is 3.43. The molecule has 4 rings (SSSR count). The van der Waals surface area contributed by atoms with Gasteiger partial charge in [-0.25, -0.2) is 15.0 Å². The van der Waals surface area contributed by atoms with E-state index in [-0.39, 0.29) is 0 Å². The lowest BCUT2D eigenvalue weighted by molar-refractivity contribution is 0.414. The van der Waals surface area contributed by atoms with Crippen molar-refractivity contribution < 1.29 is 9.47 Å². The largest absolute Gasteiger partial charge is 0.497 e. The van der Waals surface area contributed by atoms with E-state index in [1.807, 2.05) is 48.5 Å². The topological polar surface area (TPSA) is 72.9 Å². The lowest BCUT2D eigenvalue weighted by Crippen LogP contribution is -1.87. The van der Waals surface area contributed by atoms with E-state index < -0.39 is 0 Å². The second-order valence-corrected chi connectivity index (χ2v) is 6.81. The number of nitrogens with zero attached hydrogens (tertiary/aromatic N) is 3. The molecule has 2 aromatic heterocycles. The van der Waals surface area contributed by atoms with Gasteiger partial charge in [0.05, 0.1) is 25.6 Å². The number of imidazole rings is 1. The van der Waals surface area contributed by atoms with Crippen molar-refractivity contribution in [2.45, 2.75) is 10.3 Å². The monoisotopic (exact) mass is 390 g/mol. The molecule has 1 N–H and O–H groups in total. The number of rotatable bonds is 6. The van der Waals surface area contributed by atoms with Crippen LogP contribution in [0.4, 0.5) is 0 Å². The summed E-state index contributed by atoms with van der Waals surface area (Å²) in [5, 5.41) is 1.36. The number of benzene rings is 2. The van der Waals surface area contributed by atoms with Gasteiger partial charge in [-0.15, -0.1) is 0 Å². The van der Waals surface area contributed by atoms with Crippen molar-refractivity contribution in [3.05, 3.63) is 67.0 Å². The van der Waals surface area contributed by atoms with Gasteiger partial charge >= 0.3 is 0 Å². The van der Waals surface area contributed by atoms with Gasteiger partial charge in [-0.05, 0) is 66.4 Å². The van der Waals surface area contributed by atoms with Crippen LogP contribution in [0.3, 0.4) is 0 Å². The van der Waals surface area contributed by atoms with E-state index in [4.69, 9.17) is 14.5 Å². The van der Waals surface area contributed by atoms with E-state index in [1.165, 1.54) is 11.8 Å². The number of ether oxygens (including phenoxy) is 2. The minimum atomic E-state index is 0.638. The minimum Gasteiger partial charge on any atom is -0.497 e. The van der Waals surface area contributed by atoms with Crippen LogP contribution in [-0.2, 0) is 0 Å². The Bertz CT molecular complexity index is 983. The first kappa shape index (κ1) is 18.1. The Morgan fingerprint density at radius 3 is 1.93 bits per heavy atom. The molecular weight excluding hydrogens is 372 g/mol. The molecule has 0 fully saturated rings. The molecule has 0 aliphatic rings. The zero-order chi connectivity index (χ0) is 19.3. The lowest BCUT2D eigenvalue weighted by Gasteiger charge is -2.06. The van der Waals surface area contributed by atoms with Gasteiger partial charge in [-0.3, -0.25) is 0 Å². The molecular formula is C21H18N4O2S. The minimum absolute atomic E-state index is 0.638. The van der Waals surface area contributed by atoms with Gasteiger partial charge in [0.1, 0.15) is 11.5 Å². The molecule has 0 spiro atoms. The van der Waals surface area contributed by atoms with Crippen LogP contribution in [0.25, 0.3) is 22.5 Å². The van der Waals surface area contributed by atoms with Crippen LogP contribution in [0.2, 0.25) is 0 Å². The maximum absolute atomic E-state index is 5.27. The fourth-order valence-corrected chi connectivity index (χ4v) is 3.44. The molecule has 0 saturated carbocycles. The third-order valence-corrected chi connectivity index (χ3v) is 4.93. The van der Waals surface area contributed by atoms with E-state index in [2.05, 4.69) is 15.0 Å². The summed E-state index contributed by atoms with van der Waals surface area (Å²) in [6, 6.07) is 17.5. The molecule has 2 aromatic carbocycles. The molecule has 0 aliphatic carbocycles. The average Bonchev–Trinajstić information content (AvgIpc) is 3.18. The summed E-state index contributed by atoms with van der Waals surface area (Å²) in [6.45, 7) is 0. The fourth-order valence-electron chi connectivity index (χ4n) is 2.75. The second-order valence-electron chi connectivity index (χ2n) is 5.86. The van der Waals surface area contributed by atoms with Crippen LogP contribution < -0.4 is 9.47 Å². The van der Waals surface area contributed by atoms with Gasteiger partial charge in [-0.1, -0.05) is 0 Å². The Labute approximate surface area is 167 Å². The Morgan fingerprint density at radius 1 is 0.786 bits per heavy atom. The van der Waals surface area contributed by atoms with Crippen molar-refractivity contribution in [1.29, 1.82) is 0 Å². The number of aromatic amines is 1. The predicted octanol–water partition coefficient (Wildman–Crippen LogP) is 4.70. The highest BCUT2D eigenvalue weighted by molar-refractivity contribution is 7.99. The Balaban J connectivity index is 1.76. The smallest absolute Gasteiger partial charge is 0.195 e. The molecule has 0 radical (unpaired) electrons. The molecule has 140 valence electrons. The summed E-state index contributed by atoms with van der Waals surface area (Å²) >= 11 is 1.39. The van der Waals surface area contributed by atoms with E-state index in [0.717, 1.165) is 39.2 Å². The molecule has 7 heteroatoms. The van der Waals surface area contributed by atoms with Gasteiger partial charge in [0.15, 0.2) is 10.3 Å². The van der Waals surface area contributed by atoms with Crippen molar-refractivity contribution in [2.24, 2.45) is 0 Å². The molecule has 0 atom stereocenters. The van der Waals surface area contributed by atoms with Gasteiger partial charge in [0, 0.05) is 23.5 Å². The van der Waals surface area contributed by atoms with Crippen molar-refractivity contribution in [2.75, 3.05) is 14.2 Å². The summed E-state index contributed by atoms with van der Waals surface area (Å²) < 4.78 is 10.5. The van der Waals surface area contributed by atoms with E-state index in [9.17, 15) is 0 Å². The molecule has 6 nitrogen and oxygen atoms in total. The van der Waals surface area contributed by atoms with Crippen molar-refractivity contribution in [1.82, 2.24) is 19.9 Å². The highest BCUT2D eigenvalue weighted by Gasteiger charge is 2.16. The number of H-pyrrole nitrogens is 1. The highest BCUT2D eigenvalue weighted by atomic mass is 32.2. The van der Waals surface area contributed by atoms with Crippen LogP contribution in [-0.4, -0.2) is 34.2 Å². The van der Waals surface area contributed by atoms with Gasteiger partial charge in [-0.2, -0.15) is 0 Å². The zero-order valence-electron chi connectivity index (χ0n) is 15.4. The lowest BCUT2D eigenvalue weighted by atomic mass is 10.0. The van der Waals surface area contributed by atoms with Crippen molar-refractivity contribution in [3.63, 3.8) is 0 Å². The van der Waals surface area contributed by atoms with Crippen LogP contribution in [0.1, 0.15) is 0 Å². The maximum Gasteiger partial charge on any atom is 0.195 e. The molecule has 0 bridgehead atoms. The summed E-state index contributed by atoms with van der Waals surface area (Å²) in [5.41, 5.74) is 3.78. The van der Waals surface area contributed by atoms with Gasteiger partial charge in [0.25, 0.3) is 0 Å². The van der Waals surface area contributed by atoms with E-state index in [1.54, 1.807) is 32.7 Å². The first-order chi connectivity index (χ1) is 13.8. The number of hydrogen-bond acceptors (Lipinski definition) is 6. The standard InChI is InChI=1S/C21H18N4O2S/c1-26-16-8-4-14(5-9-16)18-19(15-6-10-17(27-2)11-7-15)25-21(24-18)28-20-22-12-3-13-23-20/h3-13H,1-2H3,(H,24,25). The van der Waals surface area contributed by atoms with Gasteiger partial charge in [0.2, 0.25) is 0 Å². The average molecular weight is 390 g/mol. The normalized spacial score (nSPS) is 10.6. The Hall–Kier alpha value is -3.32. The maximum atomic E-state index is 5.27. The zero-order valence-corrected chi connectivity index (χ0v) is 16.2. The first-order valence-corrected chi connectivity index (χ1v) is 9.42. The van der Waals surface area contributed by atoms with E-state index in [0.29, 0.717) is 5.16 Å². The van der Waals surface area contributed by atoms with Gasteiger partial charge < -0.3 is 14.5 Å². The van der Waals surface area contributed by atoms with Crippen LogP contribution >= 0.6 is 11.8 Å². The van der Waals surface area contributed by atoms with Crippen LogP contribution in [0, 0.1) is 0 Å². The predicted molar refractivity (Wildman–Crippen MR) is 109 cm³/mol. The van der Waals surface area contributed by atoms with Crippen LogP contribution in [0.5, 0.6) is 11.5 Å². The fraction of sp³-hybridized carbons (Fsp3) is 0.0952. The second kappa shape index (κ2) is 8.14. The Morgan fingerprint density at radius 2 is 1.36 bits per heavy atom. The first-order valence-electron chi connectivity index (χ1n) is 8.60. The summed E-state index contributed by atoms with van der Waals surface area (Å²) in [7, 11) is 3.31. The molecule has 0 unspecified atom stereocenters. The third-order valence-electron chi connectivity index (χ3n) is 4.15. The Kier molecular flexibility index (Phi) is 5.25. The SMILES string of the molecule is COc1ccc(-c2nc(Sc3ncccn3)[nH]c2-c2ccc(OC)cc2)cc1. The number of aromatic nitrogens is 4. The molecule has 0 saturated heterocycles. The molecule has 2 heterocycles. The highest BCUT2D eigenvalue weighted by Crippen LogP contribution is 2.35. The molecule has 4 aromatic rings. The molecule has 28 heavy (non-hydrogen) atoms. The van der Waals surface area contributed by atoms with Crippen molar-refractivity contribution >= 4 is 11.8 Å². The summed E-state index contributed by atoms with van der Waals surface area (Å²) in [5.74, 6) is 1.61. The third kappa shape index (κ3) is 3.84. The number of methoxy groups -OCH3 is 2. The van der Waals surface area contributed by atoms with Crippen molar-refractivity contribution in [3.8, 4) is 34.0 Å². The van der Waals surface area contributed by atoms with E-state index >= 15 is 0 Å². The summed E-state index contributed by atoms with van der Waals surface area (Å²) in [4.78, 5) is 16.7. The van der Waals surface area contributed by atoms with Crippen LogP contribution in [0.15, 0.2) is 77.3 Å². The number of nitrogens with one attached hydrogen (secondary N) is 1. The molecule has 0 amide bonds. The number of hydrogen-bond donors (Lipinski definition) is 1.